The van der Waals surface area contributed by atoms with Gasteiger partial charge in [-0.3, -0.25) is 9.63 Å². The van der Waals surface area contributed by atoms with Gasteiger partial charge in [0.1, 0.15) is 16.2 Å². The molecule has 0 spiro atoms. The van der Waals surface area contributed by atoms with Crippen molar-refractivity contribution in [1.82, 2.24) is 13.8 Å². The number of piperidine rings is 2. The third-order valence-electron chi connectivity index (χ3n) is 8.54. The maximum Gasteiger partial charge on any atom is 0.324 e. The van der Waals surface area contributed by atoms with Crippen LogP contribution in [0.5, 0.6) is 0 Å². The summed E-state index contributed by atoms with van der Waals surface area (Å²) in [5, 5.41) is 9.91. The topological polar surface area (TPSA) is 69.1 Å². The number of benzene rings is 1. The standard InChI is InChI=1S/C32H39Br2ClN4O3S3/c1-42-39(28(32(40)41)18-24-6-3-2-4-7-24)44-25-19-27(34)31(36-21-25)37-14-10-22(11-15-37)8-5-9-23-12-16-38(17-13-23)45-29-20-26(33)30(35)43-29/h2-4,6-7,19-23,28H,5,8-18H2,1H3,(H,40,41). The SMILES string of the molecule is CON(Sc1cnc(N2CCC(CCCC3CCN(Sc4cc(Br)c(Cl)s4)CC3)CC2)c(Br)c1)C(Cc1ccccc1)C(=O)O. The number of pyridine rings is 1. The molecule has 1 N–H and O–H groups in total. The minimum atomic E-state index is -0.936. The Hall–Kier alpha value is -0.830. The van der Waals surface area contributed by atoms with Gasteiger partial charge in [-0.2, -0.15) is 0 Å². The van der Waals surface area contributed by atoms with Crippen molar-refractivity contribution in [1.29, 1.82) is 0 Å². The normalized spacial score (nSPS) is 17.7. The summed E-state index contributed by atoms with van der Waals surface area (Å²) in [5.74, 6) is 1.63. The monoisotopic (exact) mass is 816 g/mol. The van der Waals surface area contributed by atoms with Gasteiger partial charge in [0.25, 0.3) is 0 Å². The van der Waals surface area contributed by atoms with Crippen LogP contribution >= 0.6 is 78.7 Å². The van der Waals surface area contributed by atoms with Crippen LogP contribution in [0.15, 0.2) is 66.7 Å². The summed E-state index contributed by atoms with van der Waals surface area (Å²) in [6.45, 7) is 4.31. The van der Waals surface area contributed by atoms with E-state index in [1.165, 1.54) is 72.7 Å². The molecular weight excluding hydrogens is 780 g/mol. The van der Waals surface area contributed by atoms with Crippen LogP contribution in [-0.4, -0.2) is 64.2 Å². The van der Waals surface area contributed by atoms with E-state index in [1.54, 1.807) is 11.3 Å². The molecule has 0 saturated carbocycles. The summed E-state index contributed by atoms with van der Waals surface area (Å²) in [5.41, 5.74) is 0.940. The Morgan fingerprint density at radius 1 is 1.09 bits per heavy atom. The second-order valence-electron chi connectivity index (χ2n) is 11.6. The van der Waals surface area contributed by atoms with Crippen molar-refractivity contribution in [2.24, 2.45) is 11.8 Å². The van der Waals surface area contributed by atoms with Gasteiger partial charge >= 0.3 is 5.97 Å². The van der Waals surface area contributed by atoms with Gasteiger partial charge < -0.3 is 10.0 Å². The number of aromatic nitrogens is 1. The molecule has 2 aliphatic heterocycles. The van der Waals surface area contributed by atoms with Crippen molar-refractivity contribution in [3.05, 3.63) is 67.5 Å². The molecule has 2 aliphatic rings. The number of hydrogen-bond donors (Lipinski definition) is 1. The number of carbonyl (C=O) groups is 1. The molecule has 5 rings (SSSR count). The van der Waals surface area contributed by atoms with Gasteiger partial charge in [0, 0.05) is 48.2 Å². The van der Waals surface area contributed by atoms with E-state index in [2.05, 4.69) is 47.1 Å². The average Bonchev–Trinajstić information content (AvgIpc) is 3.36. The van der Waals surface area contributed by atoms with E-state index in [9.17, 15) is 9.90 Å². The Kier molecular flexibility index (Phi) is 13.8. The number of hydrogen-bond acceptors (Lipinski definition) is 9. The zero-order chi connectivity index (χ0) is 31.8. The van der Waals surface area contributed by atoms with Gasteiger partial charge in [0.05, 0.1) is 15.8 Å². The lowest BCUT2D eigenvalue weighted by molar-refractivity contribution is -0.154. The molecular formula is C32H39Br2ClN4O3S3. The van der Waals surface area contributed by atoms with Gasteiger partial charge in [-0.15, -0.1) is 15.8 Å². The van der Waals surface area contributed by atoms with Gasteiger partial charge in [-0.1, -0.05) is 61.2 Å². The van der Waals surface area contributed by atoms with E-state index in [1.807, 2.05) is 54.5 Å². The van der Waals surface area contributed by atoms with Crippen LogP contribution in [0.1, 0.15) is 50.5 Å². The molecule has 1 aromatic carbocycles. The molecule has 1 atom stereocenters. The number of nitrogens with zero attached hydrogens (tertiary/aromatic N) is 4. The van der Waals surface area contributed by atoms with Gasteiger partial charge in [-0.25, -0.2) is 9.29 Å². The van der Waals surface area contributed by atoms with Crippen molar-refractivity contribution in [2.45, 2.75) is 66.5 Å². The molecule has 2 saturated heterocycles. The van der Waals surface area contributed by atoms with E-state index in [0.29, 0.717) is 6.42 Å². The Balaban J connectivity index is 1.03. The van der Waals surface area contributed by atoms with Crippen molar-refractivity contribution in [2.75, 3.05) is 38.2 Å². The van der Waals surface area contributed by atoms with E-state index in [4.69, 9.17) is 21.4 Å². The lowest BCUT2D eigenvalue weighted by Crippen LogP contribution is -2.37. The van der Waals surface area contributed by atoms with Crippen LogP contribution < -0.4 is 4.90 Å². The van der Waals surface area contributed by atoms with Crippen molar-refractivity contribution >= 4 is 90.5 Å². The Bertz CT molecular complexity index is 1370. The maximum absolute atomic E-state index is 12.1. The first kappa shape index (κ1) is 35.5. The first-order valence-corrected chi connectivity index (χ1v) is 19.7. The third kappa shape index (κ3) is 10.3. The molecule has 7 nitrogen and oxygen atoms in total. The van der Waals surface area contributed by atoms with E-state index >= 15 is 0 Å². The summed E-state index contributed by atoms with van der Waals surface area (Å²) in [6.07, 6.45) is 11.1. The highest BCUT2D eigenvalue weighted by molar-refractivity contribution is 9.11. The predicted molar refractivity (Wildman–Crippen MR) is 194 cm³/mol. The quantitative estimate of drug-likeness (QED) is 0.127. The summed E-state index contributed by atoms with van der Waals surface area (Å²) < 4.78 is 7.93. The number of hydroxylamine groups is 1. The first-order valence-electron chi connectivity index (χ1n) is 15.3. The van der Waals surface area contributed by atoms with Crippen LogP contribution in [0, 0.1) is 11.8 Å². The highest BCUT2D eigenvalue weighted by Crippen LogP contribution is 2.40. The molecule has 0 aliphatic carbocycles. The summed E-state index contributed by atoms with van der Waals surface area (Å²) in [6, 6.07) is 12.9. The summed E-state index contributed by atoms with van der Waals surface area (Å²) >= 11 is 18.2. The molecule has 13 heteroatoms. The summed E-state index contributed by atoms with van der Waals surface area (Å²) in [4.78, 5) is 25.6. The third-order valence-corrected chi connectivity index (χ3v) is 13.8. The van der Waals surface area contributed by atoms with Gasteiger partial charge in [-0.05, 0) is 111 Å². The number of carboxylic acids is 1. The summed E-state index contributed by atoms with van der Waals surface area (Å²) in [7, 11) is 1.50. The van der Waals surface area contributed by atoms with Crippen molar-refractivity contribution in [3.8, 4) is 0 Å². The van der Waals surface area contributed by atoms with E-state index in [0.717, 1.165) is 67.6 Å². The number of thiophene rings is 1. The molecule has 2 aromatic heterocycles. The molecule has 0 bridgehead atoms. The number of halogens is 3. The Labute approximate surface area is 300 Å². The zero-order valence-electron chi connectivity index (χ0n) is 25.2. The van der Waals surface area contributed by atoms with Crippen LogP contribution in [0.25, 0.3) is 0 Å². The molecule has 45 heavy (non-hydrogen) atoms. The minimum Gasteiger partial charge on any atom is -0.480 e. The fourth-order valence-electron chi connectivity index (χ4n) is 6.03. The molecule has 244 valence electrons. The number of anilines is 1. The van der Waals surface area contributed by atoms with Crippen LogP contribution in [-0.2, 0) is 16.1 Å². The van der Waals surface area contributed by atoms with Gasteiger partial charge in [0.2, 0.25) is 0 Å². The van der Waals surface area contributed by atoms with E-state index < -0.39 is 12.0 Å². The minimum absolute atomic E-state index is 0.335. The number of carboxylic acid groups (broad SMARTS) is 1. The van der Waals surface area contributed by atoms with Crippen molar-refractivity contribution < 1.29 is 14.7 Å². The second-order valence-corrected chi connectivity index (χ2v) is 17.4. The predicted octanol–water partition coefficient (Wildman–Crippen LogP) is 9.69. The highest BCUT2D eigenvalue weighted by Gasteiger charge is 2.29. The zero-order valence-corrected chi connectivity index (χ0v) is 31.6. The lowest BCUT2D eigenvalue weighted by atomic mass is 9.87. The molecule has 3 aromatic rings. The highest BCUT2D eigenvalue weighted by atomic mass is 79.9. The number of rotatable bonds is 14. The molecule has 4 heterocycles. The Morgan fingerprint density at radius 2 is 1.76 bits per heavy atom. The molecule has 0 amide bonds. The Morgan fingerprint density at radius 3 is 2.33 bits per heavy atom. The molecule has 0 radical (unpaired) electrons. The molecule has 2 fully saturated rings. The van der Waals surface area contributed by atoms with Crippen LogP contribution in [0.2, 0.25) is 4.34 Å². The van der Waals surface area contributed by atoms with Gasteiger partial charge in [0.15, 0.2) is 0 Å². The fraction of sp³-hybridized carbons (Fsp3) is 0.500. The first-order chi connectivity index (χ1) is 21.8. The fourth-order valence-corrected chi connectivity index (χ4v) is 10.9. The van der Waals surface area contributed by atoms with E-state index in [-0.39, 0.29) is 0 Å². The molecule has 1 unspecified atom stereocenters. The smallest absolute Gasteiger partial charge is 0.324 e. The maximum atomic E-state index is 12.1. The average molecular weight is 819 g/mol. The largest absolute Gasteiger partial charge is 0.480 e. The lowest BCUT2D eigenvalue weighted by Gasteiger charge is -2.34. The number of aliphatic carboxylic acids is 1. The van der Waals surface area contributed by atoms with Crippen LogP contribution in [0.4, 0.5) is 5.82 Å². The van der Waals surface area contributed by atoms with Crippen LogP contribution in [0.3, 0.4) is 0 Å². The second kappa shape index (κ2) is 17.5. The van der Waals surface area contributed by atoms with Crippen molar-refractivity contribution in [3.63, 3.8) is 0 Å².